The number of phenols is 1. The quantitative estimate of drug-likeness (QED) is 0.870. The zero-order chi connectivity index (χ0) is 15.2. The molecule has 21 heavy (non-hydrogen) atoms. The highest BCUT2D eigenvalue weighted by atomic mass is 16.3. The summed E-state index contributed by atoms with van der Waals surface area (Å²) < 4.78 is 0. The van der Waals surface area contributed by atoms with Gasteiger partial charge in [-0.05, 0) is 49.3 Å². The number of rotatable bonds is 6. The summed E-state index contributed by atoms with van der Waals surface area (Å²) in [6.07, 6.45) is 0.952. The summed E-state index contributed by atoms with van der Waals surface area (Å²) >= 11 is 0. The highest BCUT2D eigenvalue weighted by Gasteiger charge is 2.16. The van der Waals surface area contributed by atoms with Crippen molar-refractivity contribution in [1.29, 1.82) is 0 Å². The van der Waals surface area contributed by atoms with Crippen LogP contribution in [0.1, 0.15) is 11.1 Å². The average Bonchev–Trinajstić information content (AvgIpc) is 2.46. The minimum atomic E-state index is 0.289. The monoisotopic (exact) mass is 281 g/mol. The van der Waals surface area contributed by atoms with Gasteiger partial charge >= 0.3 is 0 Å². The second-order valence-electron chi connectivity index (χ2n) is 5.72. The van der Waals surface area contributed by atoms with E-state index in [1.807, 2.05) is 18.2 Å². The number of hydrogen-bond acceptors (Lipinski definition) is 2. The molecule has 2 aromatic carbocycles. The van der Waals surface area contributed by atoms with Crippen LogP contribution in [0.25, 0.3) is 5.57 Å². The van der Waals surface area contributed by atoms with Crippen molar-refractivity contribution in [1.82, 2.24) is 4.90 Å². The molecule has 0 heterocycles. The molecule has 0 aromatic heterocycles. The summed E-state index contributed by atoms with van der Waals surface area (Å²) in [5.41, 5.74) is 3.40. The Labute approximate surface area is 127 Å². The molecule has 0 bridgehead atoms. The zero-order valence-corrected chi connectivity index (χ0v) is 12.8. The Hall–Kier alpha value is -2.06. The Morgan fingerprint density at radius 3 is 2.43 bits per heavy atom. The molecule has 2 nitrogen and oxygen atoms in total. The number of aromatic hydroxyl groups is 1. The maximum absolute atomic E-state index is 9.66. The van der Waals surface area contributed by atoms with Crippen molar-refractivity contribution in [2.45, 2.75) is 6.42 Å². The molecular weight excluding hydrogens is 258 g/mol. The van der Waals surface area contributed by atoms with Crippen molar-refractivity contribution in [3.8, 4) is 5.75 Å². The van der Waals surface area contributed by atoms with E-state index in [1.54, 1.807) is 12.1 Å². The smallest absolute Gasteiger partial charge is 0.116 e. The predicted molar refractivity (Wildman–Crippen MR) is 89.3 cm³/mol. The first-order valence-corrected chi connectivity index (χ1v) is 7.23. The molecule has 2 aromatic rings. The van der Waals surface area contributed by atoms with E-state index in [0.29, 0.717) is 5.92 Å². The van der Waals surface area contributed by atoms with Gasteiger partial charge < -0.3 is 10.0 Å². The van der Waals surface area contributed by atoms with Gasteiger partial charge in [-0.15, -0.1) is 0 Å². The summed E-state index contributed by atoms with van der Waals surface area (Å²) in [6, 6.07) is 17.8. The van der Waals surface area contributed by atoms with Crippen LogP contribution in [-0.4, -0.2) is 30.6 Å². The molecule has 0 aliphatic rings. The lowest BCUT2D eigenvalue weighted by Crippen LogP contribution is -2.24. The molecule has 0 amide bonds. The van der Waals surface area contributed by atoms with Crippen molar-refractivity contribution >= 4 is 5.57 Å². The van der Waals surface area contributed by atoms with E-state index in [9.17, 15) is 5.11 Å². The molecule has 0 saturated heterocycles. The molecule has 0 aliphatic carbocycles. The number of nitrogens with zero attached hydrogens (tertiary/aromatic N) is 1. The van der Waals surface area contributed by atoms with Gasteiger partial charge in [0.1, 0.15) is 5.75 Å². The molecule has 1 unspecified atom stereocenters. The molecule has 0 aliphatic heterocycles. The number of benzene rings is 2. The molecular formula is C19H23NO. The molecule has 110 valence electrons. The van der Waals surface area contributed by atoms with Crippen LogP contribution in [-0.2, 0) is 6.42 Å². The van der Waals surface area contributed by atoms with E-state index in [-0.39, 0.29) is 5.75 Å². The molecule has 0 saturated carbocycles. The van der Waals surface area contributed by atoms with Gasteiger partial charge in [0.2, 0.25) is 0 Å². The third-order valence-corrected chi connectivity index (χ3v) is 3.62. The van der Waals surface area contributed by atoms with Crippen LogP contribution in [0.4, 0.5) is 0 Å². The van der Waals surface area contributed by atoms with Crippen LogP contribution in [0.3, 0.4) is 0 Å². The van der Waals surface area contributed by atoms with Crippen molar-refractivity contribution in [2.75, 3.05) is 20.6 Å². The third-order valence-electron chi connectivity index (χ3n) is 3.62. The van der Waals surface area contributed by atoms with Crippen LogP contribution in [0, 0.1) is 5.92 Å². The van der Waals surface area contributed by atoms with Crippen LogP contribution in [0.2, 0.25) is 0 Å². The average molecular weight is 281 g/mol. The summed E-state index contributed by atoms with van der Waals surface area (Å²) in [5.74, 6) is 0.612. The fourth-order valence-electron chi connectivity index (χ4n) is 2.58. The maximum Gasteiger partial charge on any atom is 0.116 e. The van der Waals surface area contributed by atoms with Gasteiger partial charge in [0.05, 0.1) is 0 Å². The van der Waals surface area contributed by atoms with Gasteiger partial charge in [-0.25, -0.2) is 0 Å². The van der Waals surface area contributed by atoms with E-state index in [0.717, 1.165) is 24.1 Å². The van der Waals surface area contributed by atoms with Gasteiger partial charge in [0.25, 0.3) is 0 Å². The standard InChI is InChI=1S/C19H23NO/c1-15(17-10-7-11-19(21)13-17)18(14-20(2)3)12-16-8-5-4-6-9-16/h4-11,13,18,21H,1,12,14H2,2-3H3. The Morgan fingerprint density at radius 1 is 1.10 bits per heavy atom. The minimum Gasteiger partial charge on any atom is -0.508 e. The Balaban J connectivity index is 2.21. The zero-order valence-electron chi connectivity index (χ0n) is 12.8. The SMILES string of the molecule is C=C(c1cccc(O)c1)C(Cc1ccccc1)CN(C)C. The molecule has 0 fully saturated rings. The molecule has 0 radical (unpaired) electrons. The van der Waals surface area contributed by atoms with Gasteiger partial charge in [-0.2, -0.15) is 0 Å². The fraction of sp³-hybridized carbons (Fsp3) is 0.263. The topological polar surface area (TPSA) is 23.5 Å². The predicted octanol–water partition coefficient (Wildman–Crippen LogP) is 3.83. The Morgan fingerprint density at radius 2 is 1.81 bits per heavy atom. The summed E-state index contributed by atoms with van der Waals surface area (Å²) in [4.78, 5) is 2.18. The van der Waals surface area contributed by atoms with E-state index >= 15 is 0 Å². The van der Waals surface area contributed by atoms with Crippen LogP contribution >= 0.6 is 0 Å². The van der Waals surface area contributed by atoms with Gasteiger partial charge in [-0.3, -0.25) is 0 Å². The maximum atomic E-state index is 9.66. The first-order valence-electron chi connectivity index (χ1n) is 7.23. The number of hydrogen-bond donors (Lipinski definition) is 1. The van der Waals surface area contributed by atoms with E-state index in [1.165, 1.54) is 5.56 Å². The van der Waals surface area contributed by atoms with Gasteiger partial charge in [0.15, 0.2) is 0 Å². The largest absolute Gasteiger partial charge is 0.508 e. The lowest BCUT2D eigenvalue weighted by Gasteiger charge is -2.24. The molecule has 0 spiro atoms. The van der Waals surface area contributed by atoms with Gasteiger partial charge in [0, 0.05) is 12.5 Å². The van der Waals surface area contributed by atoms with Crippen molar-refractivity contribution in [3.05, 3.63) is 72.3 Å². The molecule has 2 heteroatoms. The third kappa shape index (κ3) is 4.47. The summed E-state index contributed by atoms with van der Waals surface area (Å²) in [6.45, 7) is 5.21. The number of phenolic OH excluding ortho intramolecular Hbond substituents is 1. The van der Waals surface area contributed by atoms with Crippen molar-refractivity contribution < 1.29 is 5.11 Å². The van der Waals surface area contributed by atoms with Crippen LogP contribution in [0.5, 0.6) is 5.75 Å². The van der Waals surface area contributed by atoms with E-state index in [2.05, 4.69) is 49.8 Å². The molecule has 1 atom stereocenters. The van der Waals surface area contributed by atoms with Crippen molar-refractivity contribution in [3.63, 3.8) is 0 Å². The summed E-state index contributed by atoms with van der Waals surface area (Å²) in [5, 5.41) is 9.66. The first kappa shape index (κ1) is 15.3. The van der Waals surface area contributed by atoms with Crippen LogP contribution < -0.4 is 0 Å². The second kappa shape index (κ2) is 7.09. The van der Waals surface area contributed by atoms with Crippen molar-refractivity contribution in [2.24, 2.45) is 5.92 Å². The molecule has 1 N–H and O–H groups in total. The van der Waals surface area contributed by atoms with E-state index < -0.39 is 0 Å². The lowest BCUT2D eigenvalue weighted by molar-refractivity contribution is 0.363. The normalized spacial score (nSPS) is 12.3. The van der Waals surface area contributed by atoms with E-state index in [4.69, 9.17) is 0 Å². The Kier molecular flexibility index (Phi) is 5.18. The highest BCUT2D eigenvalue weighted by molar-refractivity contribution is 5.66. The molecule has 2 rings (SSSR count). The van der Waals surface area contributed by atoms with Crippen LogP contribution in [0.15, 0.2) is 61.2 Å². The Bertz CT molecular complexity index is 590. The lowest BCUT2D eigenvalue weighted by atomic mass is 9.88. The minimum absolute atomic E-state index is 0.289. The second-order valence-corrected chi connectivity index (χ2v) is 5.72. The van der Waals surface area contributed by atoms with Gasteiger partial charge in [-0.1, -0.05) is 49.0 Å². The highest BCUT2D eigenvalue weighted by Crippen LogP contribution is 2.27. The fourth-order valence-corrected chi connectivity index (χ4v) is 2.58. The first-order chi connectivity index (χ1) is 10.1. The summed E-state index contributed by atoms with van der Waals surface area (Å²) in [7, 11) is 4.15.